The maximum Gasteiger partial charge on any atom is 0.407 e. The van der Waals surface area contributed by atoms with E-state index in [4.69, 9.17) is 10.5 Å². The van der Waals surface area contributed by atoms with Gasteiger partial charge in [0.15, 0.2) is 0 Å². The van der Waals surface area contributed by atoms with Crippen LogP contribution < -0.4 is 21.7 Å². The molecule has 1 aliphatic carbocycles. The lowest BCUT2D eigenvalue weighted by Crippen LogP contribution is -2.44. The zero-order valence-electron chi connectivity index (χ0n) is 25.3. The summed E-state index contributed by atoms with van der Waals surface area (Å²) in [4.78, 5) is 38.6. The normalized spacial score (nSPS) is 12.5. The smallest absolute Gasteiger partial charge is 0.407 e. The minimum atomic E-state index is -0.790. The molecule has 4 aromatic carbocycles. The van der Waals surface area contributed by atoms with Crippen molar-refractivity contribution < 1.29 is 19.1 Å². The highest BCUT2D eigenvalue weighted by Crippen LogP contribution is 2.44. The molecule has 0 saturated carbocycles. The van der Waals surface area contributed by atoms with Crippen LogP contribution in [0.2, 0.25) is 0 Å². The van der Waals surface area contributed by atoms with Crippen molar-refractivity contribution in [3.63, 3.8) is 0 Å². The molecule has 3 amide bonds. The molecular formula is C37H40N4O4. The molecule has 45 heavy (non-hydrogen) atoms. The highest BCUT2D eigenvalue weighted by molar-refractivity contribution is 5.96. The number of benzene rings is 4. The van der Waals surface area contributed by atoms with Crippen molar-refractivity contribution in [1.82, 2.24) is 10.6 Å². The fourth-order valence-corrected chi connectivity index (χ4v) is 5.72. The summed E-state index contributed by atoms with van der Waals surface area (Å²) >= 11 is 0. The number of nitrogens with two attached hydrogens (primary N) is 1. The first-order valence-electron chi connectivity index (χ1n) is 15.5. The fraction of sp³-hybridized carbons (Fsp3) is 0.270. The van der Waals surface area contributed by atoms with Crippen LogP contribution in [0.4, 0.5) is 10.5 Å². The van der Waals surface area contributed by atoms with Crippen molar-refractivity contribution in [1.29, 1.82) is 0 Å². The van der Waals surface area contributed by atoms with Crippen LogP contribution in [0.15, 0.2) is 103 Å². The largest absolute Gasteiger partial charge is 0.449 e. The Bertz CT molecular complexity index is 1540. The van der Waals surface area contributed by atoms with Crippen molar-refractivity contribution in [2.24, 2.45) is 5.73 Å². The number of ether oxygens (including phenoxy) is 1. The summed E-state index contributed by atoms with van der Waals surface area (Å²) in [5.74, 6) is -0.473. The second kappa shape index (κ2) is 15.7. The van der Waals surface area contributed by atoms with Gasteiger partial charge < -0.3 is 26.4 Å². The predicted molar refractivity (Wildman–Crippen MR) is 177 cm³/mol. The van der Waals surface area contributed by atoms with Gasteiger partial charge in [0.05, 0.1) is 6.42 Å². The van der Waals surface area contributed by atoms with Gasteiger partial charge in [-0.05, 0) is 77.7 Å². The number of nitrogens with one attached hydrogen (secondary N) is 3. The minimum Gasteiger partial charge on any atom is -0.449 e. The third-order valence-corrected chi connectivity index (χ3v) is 8.06. The molecule has 0 heterocycles. The first-order chi connectivity index (χ1) is 22.0. The monoisotopic (exact) mass is 604 g/mol. The molecule has 0 aromatic heterocycles. The summed E-state index contributed by atoms with van der Waals surface area (Å²) in [5.41, 5.74) is 12.8. The Morgan fingerprint density at radius 3 is 2.07 bits per heavy atom. The fourth-order valence-electron chi connectivity index (χ4n) is 5.72. The van der Waals surface area contributed by atoms with Crippen molar-refractivity contribution >= 4 is 23.6 Å². The number of unbranched alkanes of at least 4 members (excludes halogenated alkanes) is 1. The summed E-state index contributed by atoms with van der Waals surface area (Å²) < 4.78 is 5.69. The second-order valence-corrected chi connectivity index (χ2v) is 11.3. The molecule has 1 atom stereocenters. The van der Waals surface area contributed by atoms with E-state index >= 15 is 0 Å². The topological polar surface area (TPSA) is 123 Å². The molecule has 0 radical (unpaired) electrons. The summed E-state index contributed by atoms with van der Waals surface area (Å²) in [6, 6.07) is 32.7. The van der Waals surface area contributed by atoms with E-state index in [0.29, 0.717) is 31.6 Å². The average Bonchev–Trinajstić information content (AvgIpc) is 3.38. The molecule has 5 N–H and O–H groups in total. The highest BCUT2D eigenvalue weighted by Gasteiger charge is 2.29. The maximum atomic E-state index is 13.3. The van der Waals surface area contributed by atoms with Gasteiger partial charge >= 0.3 is 6.09 Å². The third-order valence-electron chi connectivity index (χ3n) is 8.06. The van der Waals surface area contributed by atoms with E-state index in [2.05, 4.69) is 40.2 Å². The summed E-state index contributed by atoms with van der Waals surface area (Å²) in [5, 5.41) is 8.61. The molecule has 0 saturated heterocycles. The Morgan fingerprint density at radius 2 is 1.40 bits per heavy atom. The van der Waals surface area contributed by atoms with Gasteiger partial charge in [0.2, 0.25) is 11.8 Å². The lowest BCUT2D eigenvalue weighted by molar-refractivity contribution is -0.120. The first-order valence-corrected chi connectivity index (χ1v) is 15.5. The number of anilines is 1. The molecule has 5 rings (SSSR count). The van der Waals surface area contributed by atoms with E-state index < -0.39 is 12.1 Å². The zero-order chi connectivity index (χ0) is 31.4. The van der Waals surface area contributed by atoms with E-state index in [1.54, 1.807) is 12.1 Å². The Labute approximate surface area is 264 Å². The van der Waals surface area contributed by atoms with E-state index in [1.807, 2.05) is 66.7 Å². The van der Waals surface area contributed by atoms with Crippen molar-refractivity contribution in [3.8, 4) is 11.1 Å². The standard InChI is InChI=1S/C37H40N4O4/c38-22-9-8-16-34(41-37(44)45-25-33-31-14-6-4-12-29(31)30-13-5-7-15-32(30)33)36(43)40-28-19-17-27(18-20-28)24-35(42)39-23-21-26-10-2-1-3-11-26/h1-7,10-15,17-20,33-34H,8-9,16,21-25,38H2,(H,39,42)(H,40,43)(H,41,44)/t34-/m0/s1. The number of carbonyl (C=O) groups excluding carboxylic acids is 3. The average molecular weight is 605 g/mol. The van der Waals surface area contributed by atoms with Gasteiger partial charge in [-0.1, -0.05) is 91.0 Å². The molecule has 8 heteroatoms. The van der Waals surface area contributed by atoms with Crippen LogP contribution >= 0.6 is 0 Å². The van der Waals surface area contributed by atoms with Crippen LogP contribution in [0.3, 0.4) is 0 Å². The van der Waals surface area contributed by atoms with E-state index in [1.165, 1.54) is 5.56 Å². The molecule has 0 spiro atoms. The van der Waals surface area contributed by atoms with Crippen LogP contribution in [0, 0.1) is 0 Å². The minimum absolute atomic E-state index is 0.0602. The summed E-state index contributed by atoms with van der Waals surface area (Å²) in [7, 11) is 0. The van der Waals surface area contributed by atoms with Crippen LogP contribution in [0.5, 0.6) is 0 Å². The summed E-state index contributed by atoms with van der Waals surface area (Å²) in [6.07, 6.45) is 2.21. The van der Waals surface area contributed by atoms with Crippen molar-refractivity contribution in [2.75, 3.05) is 25.0 Å². The van der Waals surface area contributed by atoms with Gasteiger partial charge in [-0.25, -0.2) is 4.79 Å². The SMILES string of the molecule is NCCCC[C@H](NC(=O)OCC1c2ccccc2-c2ccccc21)C(=O)Nc1ccc(CC(=O)NCCc2ccccc2)cc1. The third kappa shape index (κ3) is 8.58. The molecular weight excluding hydrogens is 564 g/mol. The lowest BCUT2D eigenvalue weighted by atomic mass is 9.98. The number of fused-ring (bicyclic) bond motifs is 3. The first kappa shape index (κ1) is 31.5. The van der Waals surface area contributed by atoms with E-state index in [9.17, 15) is 14.4 Å². The van der Waals surface area contributed by atoms with Crippen LogP contribution in [0.25, 0.3) is 11.1 Å². The lowest BCUT2D eigenvalue weighted by Gasteiger charge is -2.20. The number of hydrogen-bond donors (Lipinski definition) is 4. The van der Waals surface area contributed by atoms with E-state index in [0.717, 1.165) is 40.7 Å². The van der Waals surface area contributed by atoms with Crippen molar-refractivity contribution in [2.45, 2.75) is 44.1 Å². The molecule has 0 unspecified atom stereocenters. The number of amides is 3. The predicted octanol–water partition coefficient (Wildman–Crippen LogP) is 5.56. The van der Waals surface area contributed by atoms with Gasteiger partial charge in [-0.15, -0.1) is 0 Å². The second-order valence-electron chi connectivity index (χ2n) is 11.3. The molecule has 0 aliphatic heterocycles. The number of hydrogen-bond acceptors (Lipinski definition) is 5. The summed E-state index contributed by atoms with van der Waals surface area (Å²) in [6.45, 7) is 1.23. The number of rotatable bonds is 14. The Balaban J connectivity index is 1.13. The molecule has 1 aliphatic rings. The van der Waals surface area contributed by atoms with Crippen LogP contribution in [-0.4, -0.2) is 43.6 Å². The van der Waals surface area contributed by atoms with Gasteiger partial charge in [0.25, 0.3) is 0 Å². The van der Waals surface area contributed by atoms with Crippen LogP contribution in [0.1, 0.15) is 47.4 Å². The van der Waals surface area contributed by atoms with E-state index in [-0.39, 0.29) is 30.8 Å². The van der Waals surface area contributed by atoms with Gasteiger partial charge in [-0.2, -0.15) is 0 Å². The van der Waals surface area contributed by atoms with Gasteiger partial charge in [0, 0.05) is 18.2 Å². The van der Waals surface area contributed by atoms with Gasteiger partial charge in [-0.3, -0.25) is 9.59 Å². The Kier molecular flexibility index (Phi) is 11.0. The number of carbonyl (C=O) groups is 3. The number of alkyl carbamates (subject to hydrolysis) is 1. The maximum absolute atomic E-state index is 13.3. The molecule has 0 bridgehead atoms. The zero-order valence-corrected chi connectivity index (χ0v) is 25.3. The quantitative estimate of drug-likeness (QED) is 0.140. The Morgan fingerprint density at radius 1 is 0.756 bits per heavy atom. The molecule has 232 valence electrons. The van der Waals surface area contributed by atoms with Crippen molar-refractivity contribution in [3.05, 3.63) is 125 Å². The van der Waals surface area contributed by atoms with Crippen LogP contribution in [-0.2, 0) is 27.2 Å². The molecule has 0 fully saturated rings. The molecule has 8 nitrogen and oxygen atoms in total. The Hall–Kier alpha value is -4.95. The van der Waals surface area contributed by atoms with Gasteiger partial charge in [0.1, 0.15) is 12.6 Å². The highest BCUT2D eigenvalue weighted by atomic mass is 16.5. The molecule has 4 aromatic rings.